The average Bonchev–Trinajstić information content (AvgIpc) is 2.34. The highest BCUT2D eigenvalue weighted by molar-refractivity contribution is 5.85. The molecule has 22 heavy (non-hydrogen) atoms. The standard InChI is InChI=1S/C13H17N3O6/c1-13(2,3)22-12(19)15-11-8(5-7-10(17)18)4-6-9(14-11)16(20)21/h4,6H,5,7H2,1-3H3,(H,17,18)(H,14,15,19). The van der Waals surface area contributed by atoms with Crippen LogP contribution in [-0.2, 0) is 16.0 Å². The van der Waals surface area contributed by atoms with Crippen molar-refractivity contribution in [2.45, 2.75) is 39.2 Å². The molecule has 120 valence electrons. The van der Waals surface area contributed by atoms with Crippen LogP contribution in [0.15, 0.2) is 12.1 Å². The molecule has 1 aromatic heterocycles. The number of aromatic nitrogens is 1. The van der Waals surface area contributed by atoms with Crippen LogP contribution < -0.4 is 5.32 Å². The van der Waals surface area contributed by atoms with E-state index in [4.69, 9.17) is 9.84 Å². The minimum absolute atomic E-state index is 0.0749. The van der Waals surface area contributed by atoms with Gasteiger partial charge >= 0.3 is 17.9 Å². The Labute approximate surface area is 126 Å². The Bertz CT molecular complexity index is 594. The molecule has 0 fully saturated rings. The van der Waals surface area contributed by atoms with Gasteiger partial charge in [-0.2, -0.15) is 0 Å². The molecule has 0 radical (unpaired) electrons. The van der Waals surface area contributed by atoms with Crippen molar-refractivity contribution in [3.05, 3.63) is 27.8 Å². The summed E-state index contributed by atoms with van der Waals surface area (Å²) in [6.07, 6.45) is -0.939. The molecule has 0 unspecified atom stereocenters. The number of nitro groups is 1. The number of carbonyl (C=O) groups excluding carboxylic acids is 1. The minimum atomic E-state index is -1.03. The molecule has 1 amide bonds. The summed E-state index contributed by atoms with van der Waals surface area (Å²) in [5, 5.41) is 21.8. The summed E-state index contributed by atoms with van der Waals surface area (Å²) in [5.41, 5.74) is -0.370. The molecular formula is C13H17N3O6. The van der Waals surface area contributed by atoms with Crippen LogP contribution in [0, 0.1) is 10.1 Å². The van der Waals surface area contributed by atoms with Gasteiger partial charge in [0.05, 0.1) is 0 Å². The molecule has 0 aliphatic rings. The van der Waals surface area contributed by atoms with Gasteiger partial charge in [-0.25, -0.2) is 4.79 Å². The quantitative estimate of drug-likeness (QED) is 0.630. The third kappa shape index (κ3) is 5.73. The molecular weight excluding hydrogens is 294 g/mol. The van der Waals surface area contributed by atoms with Crippen molar-refractivity contribution in [2.24, 2.45) is 0 Å². The van der Waals surface area contributed by atoms with Crippen LogP contribution in [0.25, 0.3) is 0 Å². The molecule has 1 heterocycles. The van der Waals surface area contributed by atoms with Gasteiger partial charge in [-0.3, -0.25) is 10.1 Å². The van der Waals surface area contributed by atoms with E-state index in [0.29, 0.717) is 5.56 Å². The van der Waals surface area contributed by atoms with Crippen LogP contribution in [0.1, 0.15) is 32.8 Å². The van der Waals surface area contributed by atoms with Gasteiger partial charge < -0.3 is 20.0 Å². The van der Waals surface area contributed by atoms with E-state index < -0.39 is 28.4 Å². The first kappa shape index (κ1) is 17.3. The second kappa shape index (κ2) is 6.83. The number of carbonyl (C=O) groups is 2. The molecule has 0 aliphatic heterocycles. The van der Waals surface area contributed by atoms with Crippen molar-refractivity contribution in [1.29, 1.82) is 0 Å². The lowest BCUT2D eigenvalue weighted by molar-refractivity contribution is -0.389. The van der Waals surface area contributed by atoms with Crippen LogP contribution in [0.3, 0.4) is 0 Å². The number of hydrogen-bond acceptors (Lipinski definition) is 6. The average molecular weight is 311 g/mol. The third-order valence-electron chi connectivity index (χ3n) is 2.38. The van der Waals surface area contributed by atoms with E-state index in [1.54, 1.807) is 20.8 Å². The molecule has 9 nitrogen and oxygen atoms in total. The molecule has 9 heteroatoms. The molecule has 0 spiro atoms. The van der Waals surface area contributed by atoms with Gasteiger partial charge in [-0.15, -0.1) is 0 Å². The molecule has 1 aromatic rings. The maximum Gasteiger partial charge on any atom is 0.415 e. The Kier molecular flexibility index (Phi) is 5.39. The molecule has 0 atom stereocenters. The number of nitrogens with zero attached hydrogens (tertiary/aromatic N) is 2. The molecule has 1 rings (SSSR count). The van der Waals surface area contributed by atoms with E-state index in [1.165, 1.54) is 6.07 Å². The monoisotopic (exact) mass is 311 g/mol. The fraction of sp³-hybridized carbons (Fsp3) is 0.462. The normalized spacial score (nSPS) is 10.9. The molecule has 0 aromatic carbocycles. The van der Waals surface area contributed by atoms with Crippen LogP contribution in [0.2, 0.25) is 0 Å². The van der Waals surface area contributed by atoms with Crippen molar-refractivity contribution in [2.75, 3.05) is 5.32 Å². The molecule has 2 N–H and O–H groups in total. The first-order valence-electron chi connectivity index (χ1n) is 6.44. The Morgan fingerprint density at radius 1 is 1.41 bits per heavy atom. The number of aryl methyl sites for hydroxylation is 1. The topological polar surface area (TPSA) is 132 Å². The summed E-state index contributed by atoms with van der Waals surface area (Å²) in [6.45, 7) is 5.00. The van der Waals surface area contributed by atoms with Crippen LogP contribution >= 0.6 is 0 Å². The van der Waals surface area contributed by atoms with Gasteiger partial charge in [-0.05, 0) is 43.2 Å². The minimum Gasteiger partial charge on any atom is -0.481 e. The highest BCUT2D eigenvalue weighted by Gasteiger charge is 2.22. The van der Waals surface area contributed by atoms with Crippen molar-refractivity contribution >= 4 is 23.7 Å². The van der Waals surface area contributed by atoms with Gasteiger partial charge in [0, 0.05) is 18.1 Å². The van der Waals surface area contributed by atoms with Gasteiger partial charge in [0.2, 0.25) is 0 Å². The SMILES string of the molecule is CC(C)(C)OC(=O)Nc1nc([N+](=O)[O-])ccc1CCC(=O)O. The van der Waals surface area contributed by atoms with E-state index >= 15 is 0 Å². The predicted octanol–water partition coefficient (Wildman–Crippen LogP) is 2.35. The van der Waals surface area contributed by atoms with Gasteiger partial charge in [-0.1, -0.05) is 0 Å². The van der Waals surface area contributed by atoms with E-state index in [-0.39, 0.29) is 18.7 Å². The molecule has 0 aliphatic carbocycles. The Morgan fingerprint density at radius 3 is 2.55 bits per heavy atom. The number of aliphatic carboxylic acids is 1. The van der Waals surface area contributed by atoms with Gasteiger partial charge in [0.15, 0.2) is 0 Å². The number of carboxylic acids is 1. The first-order valence-corrected chi connectivity index (χ1v) is 6.44. The van der Waals surface area contributed by atoms with E-state index in [0.717, 1.165) is 6.07 Å². The maximum absolute atomic E-state index is 11.7. The fourth-order valence-electron chi connectivity index (χ4n) is 1.53. The zero-order valence-electron chi connectivity index (χ0n) is 12.5. The fourth-order valence-corrected chi connectivity index (χ4v) is 1.53. The second-order valence-electron chi connectivity index (χ2n) is 5.45. The zero-order chi connectivity index (χ0) is 16.9. The Balaban J connectivity index is 3.00. The van der Waals surface area contributed by atoms with Crippen molar-refractivity contribution in [3.8, 4) is 0 Å². The number of pyridine rings is 1. The van der Waals surface area contributed by atoms with Crippen LogP contribution in [0.4, 0.5) is 16.4 Å². The summed E-state index contributed by atoms with van der Waals surface area (Å²) in [5.74, 6) is -1.56. The van der Waals surface area contributed by atoms with Crippen molar-refractivity contribution < 1.29 is 24.4 Å². The van der Waals surface area contributed by atoms with E-state index in [9.17, 15) is 19.7 Å². The smallest absolute Gasteiger partial charge is 0.415 e. The zero-order valence-corrected chi connectivity index (χ0v) is 12.5. The number of nitrogens with one attached hydrogen (secondary N) is 1. The lowest BCUT2D eigenvalue weighted by Gasteiger charge is -2.19. The summed E-state index contributed by atoms with van der Waals surface area (Å²) in [6, 6.07) is 2.51. The Morgan fingerprint density at radius 2 is 2.05 bits per heavy atom. The lowest BCUT2D eigenvalue weighted by atomic mass is 10.1. The summed E-state index contributed by atoms with van der Waals surface area (Å²) in [4.78, 5) is 36.1. The van der Waals surface area contributed by atoms with Gasteiger partial charge in [0.25, 0.3) is 5.82 Å². The van der Waals surface area contributed by atoms with Crippen LogP contribution in [-0.4, -0.2) is 32.7 Å². The number of amides is 1. The predicted molar refractivity (Wildman–Crippen MR) is 76.7 cm³/mol. The number of anilines is 1. The lowest BCUT2D eigenvalue weighted by Crippen LogP contribution is -2.28. The largest absolute Gasteiger partial charge is 0.481 e. The second-order valence-corrected chi connectivity index (χ2v) is 5.45. The summed E-state index contributed by atoms with van der Waals surface area (Å²) < 4.78 is 5.05. The van der Waals surface area contributed by atoms with E-state index in [1.807, 2.05) is 0 Å². The summed E-state index contributed by atoms with van der Waals surface area (Å²) >= 11 is 0. The number of rotatable bonds is 5. The highest BCUT2D eigenvalue weighted by atomic mass is 16.6. The molecule has 0 saturated heterocycles. The third-order valence-corrected chi connectivity index (χ3v) is 2.38. The number of ether oxygens (including phenoxy) is 1. The summed E-state index contributed by atoms with van der Waals surface area (Å²) in [7, 11) is 0. The van der Waals surface area contributed by atoms with Crippen LogP contribution in [0.5, 0.6) is 0 Å². The first-order chi connectivity index (χ1) is 10.1. The van der Waals surface area contributed by atoms with Crippen molar-refractivity contribution in [3.63, 3.8) is 0 Å². The molecule has 0 saturated carbocycles. The Hall–Kier alpha value is -2.71. The molecule has 0 bridgehead atoms. The van der Waals surface area contributed by atoms with E-state index in [2.05, 4.69) is 10.3 Å². The number of hydrogen-bond donors (Lipinski definition) is 2. The van der Waals surface area contributed by atoms with Gasteiger partial charge in [0.1, 0.15) is 5.60 Å². The van der Waals surface area contributed by atoms with Crippen molar-refractivity contribution in [1.82, 2.24) is 4.98 Å². The number of carboxylic acid groups (broad SMARTS) is 1. The highest BCUT2D eigenvalue weighted by Crippen LogP contribution is 2.20. The maximum atomic E-state index is 11.7.